The SMILES string of the molecule is NC(Cc1ccccc1-c1ccccc1)c1c(Br)cc(C(=O)NCCc2ccc(Oc3ccccc3)cc2)cc1Br. The molecule has 0 aromatic heterocycles. The first-order chi connectivity index (χ1) is 20.0. The van der Waals surface area contributed by atoms with Gasteiger partial charge in [0.2, 0.25) is 0 Å². The highest BCUT2D eigenvalue weighted by Crippen LogP contribution is 2.35. The van der Waals surface area contributed by atoms with E-state index in [2.05, 4.69) is 61.4 Å². The molecule has 0 saturated carbocycles. The lowest BCUT2D eigenvalue weighted by atomic mass is 9.92. The van der Waals surface area contributed by atoms with Crippen LogP contribution in [0.1, 0.15) is 33.1 Å². The minimum atomic E-state index is -0.269. The number of amides is 1. The van der Waals surface area contributed by atoms with E-state index in [1.54, 1.807) is 0 Å². The van der Waals surface area contributed by atoms with E-state index in [1.807, 2.05) is 97.1 Å². The lowest BCUT2D eigenvalue weighted by Crippen LogP contribution is -2.26. The summed E-state index contributed by atoms with van der Waals surface area (Å²) in [6, 6.07) is 39.7. The first kappa shape index (κ1) is 28.8. The zero-order chi connectivity index (χ0) is 28.6. The Kier molecular flexibility index (Phi) is 9.67. The molecular weight excluding hydrogens is 640 g/mol. The quantitative estimate of drug-likeness (QED) is 0.156. The molecule has 4 nitrogen and oxygen atoms in total. The fourth-order valence-electron chi connectivity index (χ4n) is 4.78. The monoisotopic (exact) mass is 668 g/mol. The summed E-state index contributed by atoms with van der Waals surface area (Å²) in [4.78, 5) is 13.0. The number of halogens is 2. The van der Waals surface area contributed by atoms with E-state index in [-0.39, 0.29) is 11.9 Å². The number of nitrogens with one attached hydrogen (secondary N) is 1. The minimum Gasteiger partial charge on any atom is -0.457 e. The summed E-state index contributed by atoms with van der Waals surface area (Å²) in [5, 5.41) is 3.03. The van der Waals surface area contributed by atoms with Gasteiger partial charge in [-0.25, -0.2) is 0 Å². The Balaban J connectivity index is 1.19. The maximum atomic E-state index is 13.0. The first-order valence-corrected chi connectivity index (χ1v) is 15.0. The van der Waals surface area contributed by atoms with Crippen LogP contribution in [0.4, 0.5) is 0 Å². The van der Waals surface area contributed by atoms with E-state index < -0.39 is 0 Å². The summed E-state index contributed by atoms with van der Waals surface area (Å²) in [5.74, 6) is 1.44. The summed E-state index contributed by atoms with van der Waals surface area (Å²) in [6.45, 7) is 0.518. The Morgan fingerprint density at radius 1 is 0.756 bits per heavy atom. The van der Waals surface area contributed by atoms with Crippen molar-refractivity contribution in [3.63, 3.8) is 0 Å². The van der Waals surface area contributed by atoms with Crippen LogP contribution in [0.2, 0.25) is 0 Å². The van der Waals surface area contributed by atoms with Gasteiger partial charge in [-0.3, -0.25) is 4.79 Å². The van der Waals surface area contributed by atoms with Gasteiger partial charge in [0.05, 0.1) is 0 Å². The fourth-order valence-corrected chi connectivity index (χ4v) is 6.55. The molecule has 0 aliphatic rings. The minimum absolute atomic E-state index is 0.134. The average Bonchev–Trinajstić information content (AvgIpc) is 2.99. The van der Waals surface area contributed by atoms with Crippen LogP contribution in [0.25, 0.3) is 11.1 Å². The fraction of sp³-hybridized carbons (Fsp3) is 0.114. The standard InChI is InChI=1S/C35H30Br2N2O2/c36-31-21-27(35(40)39-20-19-24-15-17-29(18-16-24)41-28-12-5-2-6-13-28)22-32(37)34(31)33(38)23-26-11-7-8-14-30(26)25-9-3-1-4-10-25/h1-18,21-22,33H,19-20,23,38H2,(H,39,40). The number of nitrogens with two attached hydrogens (primary N) is 1. The van der Waals surface area contributed by atoms with Crippen LogP contribution in [0.15, 0.2) is 130 Å². The zero-order valence-corrected chi connectivity index (χ0v) is 25.6. The van der Waals surface area contributed by atoms with Crippen LogP contribution in [-0.4, -0.2) is 12.5 Å². The largest absolute Gasteiger partial charge is 0.457 e. The molecule has 1 atom stereocenters. The van der Waals surface area contributed by atoms with Crippen molar-refractivity contribution < 1.29 is 9.53 Å². The van der Waals surface area contributed by atoms with Gasteiger partial charge in [-0.15, -0.1) is 0 Å². The topological polar surface area (TPSA) is 64.4 Å². The summed E-state index contributed by atoms with van der Waals surface area (Å²) in [5.41, 5.74) is 12.9. The molecule has 6 heteroatoms. The van der Waals surface area contributed by atoms with Crippen molar-refractivity contribution >= 4 is 37.8 Å². The van der Waals surface area contributed by atoms with Gasteiger partial charge in [-0.05, 0) is 77.1 Å². The number of para-hydroxylation sites is 1. The first-order valence-electron chi connectivity index (χ1n) is 13.5. The number of carbonyl (C=O) groups is 1. The molecule has 206 valence electrons. The highest BCUT2D eigenvalue weighted by Gasteiger charge is 2.19. The molecule has 1 unspecified atom stereocenters. The molecule has 41 heavy (non-hydrogen) atoms. The lowest BCUT2D eigenvalue weighted by Gasteiger charge is -2.19. The number of hydrogen-bond donors (Lipinski definition) is 2. The third-order valence-corrected chi connectivity index (χ3v) is 8.17. The maximum Gasteiger partial charge on any atom is 0.251 e. The van der Waals surface area contributed by atoms with Gasteiger partial charge in [0.15, 0.2) is 0 Å². The Bertz CT molecular complexity index is 1580. The predicted molar refractivity (Wildman–Crippen MR) is 173 cm³/mol. The second kappa shape index (κ2) is 13.8. The van der Waals surface area contributed by atoms with Gasteiger partial charge >= 0.3 is 0 Å². The van der Waals surface area contributed by atoms with Crippen LogP contribution in [0.3, 0.4) is 0 Å². The number of rotatable bonds is 10. The van der Waals surface area contributed by atoms with E-state index in [4.69, 9.17) is 10.5 Å². The lowest BCUT2D eigenvalue weighted by molar-refractivity contribution is 0.0954. The number of hydrogen-bond acceptors (Lipinski definition) is 3. The Hall–Kier alpha value is -3.71. The normalized spacial score (nSPS) is 11.6. The Morgan fingerprint density at radius 2 is 1.34 bits per heavy atom. The molecule has 0 radical (unpaired) electrons. The molecule has 0 saturated heterocycles. The highest BCUT2D eigenvalue weighted by atomic mass is 79.9. The van der Waals surface area contributed by atoms with Crippen molar-refractivity contribution in [2.24, 2.45) is 5.73 Å². The summed E-state index contributed by atoms with van der Waals surface area (Å²) in [6.07, 6.45) is 1.37. The summed E-state index contributed by atoms with van der Waals surface area (Å²) >= 11 is 7.35. The molecular formula is C35H30Br2N2O2. The molecule has 0 spiro atoms. The predicted octanol–water partition coefficient (Wildman–Crippen LogP) is 8.89. The van der Waals surface area contributed by atoms with E-state index in [1.165, 1.54) is 11.1 Å². The van der Waals surface area contributed by atoms with Crippen molar-refractivity contribution in [1.29, 1.82) is 0 Å². The molecule has 0 fully saturated rings. The zero-order valence-electron chi connectivity index (χ0n) is 22.4. The van der Waals surface area contributed by atoms with E-state index in [0.717, 1.165) is 37.1 Å². The molecule has 0 heterocycles. The molecule has 5 aromatic rings. The van der Waals surface area contributed by atoms with Crippen molar-refractivity contribution in [3.05, 3.63) is 153 Å². The molecule has 0 aliphatic heterocycles. The van der Waals surface area contributed by atoms with Gasteiger partial charge in [-0.1, -0.05) is 117 Å². The second-order valence-corrected chi connectivity index (χ2v) is 11.5. The van der Waals surface area contributed by atoms with Crippen LogP contribution < -0.4 is 15.8 Å². The summed E-state index contributed by atoms with van der Waals surface area (Å²) < 4.78 is 7.46. The number of benzene rings is 5. The maximum absolute atomic E-state index is 13.0. The average molecular weight is 670 g/mol. The Labute approximate surface area is 257 Å². The van der Waals surface area contributed by atoms with E-state index >= 15 is 0 Å². The van der Waals surface area contributed by atoms with E-state index in [9.17, 15) is 4.79 Å². The van der Waals surface area contributed by atoms with Gasteiger partial charge in [0.25, 0.3) is 5.91 Å². The van der Waals surface area contributed by atoms with Gasteiger partial charge in [-0.2, -0.15) is 0 Å². The van der Waals surface area contributed by atoms with Crippen molar-refractivity contribution in [1.82, 2.24) is 5.32 Å². The van der Waals surface area contributed by atoms with Gasteiger partial charge < -0.3 is 15.8 Å². The highest BCUT2D eigenvalue weighted by molar-refractivity contribution is 9.11. The van der Waals surface area contributed by atoms with Crippen LogP contribution in [0.5, 0.6) is 11.5 Å². The third-order valence-electron chi connectivity index (χ3n) is 6.86. The smallest absolute Gasteiger partial charge is 0.251 e. The van der Waals surface area contributed by atoms with E-state index in [0.29, 0.717) is 24.9 Å². The van der Waals surface area contributed by atoms with Crippen molar-refractivity contribution in [2.45, 2.75) is 18.9 Å². The number of ether oxygens (including phenoxy) is 1. The third kappa shape index (κ3) is 7.53. The second-order valence-electron chi connectivity index (χ2n) is 9.75. The molecule has 0 bridgehead atoms. The molecule has 5 rings (SSSR count). The Morgan fingerprint density at radius 3 is 2.02 bits per heavy atom. The summed E-state index contributed by atoms with van der Waals surface area (Å²) in [7, 11) is 0. The van der Waals surface area contributed by atoms with Crippen molar-refractivity contribution in [2.75, 3.05) is 6.54 Å². The van der Waals surface area contributed by atoms with Crippen molar-refractivity contribution in [3.8, 4) is 22.6 Å². The molecule has 0 aliphatic carbocycles. The molecule has 5 aromatic carbocycles. The number of carbonyl (C=O) groups excluding carboxylic acids is 1. The molecule has 3 N–H and O–H groups in total. The van der Waals surface area contributed by atoms with Crippen LogP contribution >= 0.6 is 31.9 Å². The van der Waals surface area contributed by atoms with Crippen LogP contribution in [0, 0.1) is 0 Å². The van der Waals surface area contributed by atoms with Gasteiger partial charge in [0.1, 0.15) is 11.5 Å². The van der Waals surface area contributed by atoms with Gasteiger partial charge in [0, 0.05) is 27.1 Å². The molecule has 1 amide bonds. The van der Waals surface area contributed by atoms with Crippen LogP contribution in [-0.2, 0) is 12.8 Å².